The Hall–Kier alpha value is -2.86. The average Bonchev–Trinajstić information content (AvgIpc) is 2.96. The van der Waals surface area contributed by atoms with Crippen LogP contribution in [0.4, 0.5) is 11.4 Å². The minimum atomic E-state index is -0.497. The zero-order valence-electron chi connectivity index (χ0n) is 16.9. The molecule has 29 heavy (non-hydrogen) atoms. The van der Waals surface area contributed by atoms with Crippen LogP contribution in [-0.4, -0.2) is 33.7 Å². The van der Waals surface area contributed by atoms with Gasteiger partial charge in [0.15, 0.2) is 5.17 Å². The Balaban J connectivity index is 1.79. The van der Waals surface area contributed by atoms with Gasteiger partial charge in [0.25, 0.3) is 0 Å². The van der Waals surface area contributed by atoms with Crippen molar-refractivity contribution in [3.63, 3.8) is 0 Å². The number of amides is 2. The number of nitrogens with zero attached hydrogens (tertiary/aromatic N) is 2. The second-order valence-corrected chi connectivity index (χ2v) is 8.19. The highest BCUT2D eigenvalue weighted by Crippen LogP contribution is 2.33. The molecule has 150 valence electrons. The van der Waals surface area contributed by atoms with Crippen LogP contribution in [0.25, 0.3) is 0 Å². The smallest absolute Gasteiger partial charge is 0.242 e. The summed E-state index contributed by atoms with van der Waals surface area (Å²) in [5, 5.41) is 3.01. The predicted octanol–water partition coefficient (Wildman–Crippen LogP) is 4.76. The Morgan fingerprint density at radius 1 is 1.17 bits per heavy atom. The lowest BCUT2D eigenvalue weighted by molar-refractivity contribution is -0.127. The number of aliphatic imine (C=N–C) groups is 1. The van der Waals surface area contributed by atoms with E-state index in [-0.39, 0.29) is 18.2 Å². The minimum absolute atomic E-state index is 0.0945. The van der Waals surface area contributed by atoms with Gasteiger partial charge in [-0.3, -0.25) is 14.5 Å². The van der Waals surface area contributed by atoms with Gasteiger partial charge in [0, 0.05) is 18.7 Å². The number of rotatable bonds is 6. The number of thioether (sulfide) groups is 1. The van der Waals surface area contributed by atoms with Crippen molar-refractivity contribution in [1.29, 1.82) is 0 Å². The number of hydrogen-bond acceptors (Lipinski definition) is 4. The van der Waals surface area contributed by atoms with Crippen LogP contribution in [0.3, 0.4) is 0 Å². The van der Waals surface area contributed by atoms with Crippen molar-refractivity contribution in [1.82, 2.24) is 4.90 Å². The molecule has 0 unspecified atom stereocenters. The molecule has 0 bridgehead atoms. The first kappa shape index (κ1) is 20.9. The van der Waals surface area contributed by atoms with Crippen LogP contribution in [-0.2, 0) is 9.59 Å². The molecule has 1 N–H and O–H groups in total. The maximum absolute atomic E-state index is 12.9. The van der Waals surface area contributed by atoms with E-state index in [1.165, 1.54) is 11.8 Å². The van der Waals surface area contributed by atoms with Crippen LogP contribution in [0.2, 0.25) is 0 Å². The van der Waals surface area contributed by atoms with Crippen molar-refractivity contribution < 1.29 is 9.59 Å². The molecule has 5 nitrogen and oxygen atoms in total. The monoisotopic (exact) mass is 407 g/mol. The second kappa shape index (κ2) is 9.09. The van der Waals surface area contributed by atoms with Gasteiger partial charge in [-0.05, 0) is 49.6 Å². The van der Waals surface area contributed by atoms with E-state index in [9.17, 15) is 9.59 Å². The van der Waals surface area contributed by atoms with Gasteiger partial charge in [-0.2, -0.15) is 0 Å². The highest BCUT2D eigenvalue weighted by Gasteiger charge is 2.38. The molecule has 2 amide bonds. The maximum Gasteiger partial charge on any atom is 0.242 e. The van der Waals surface area contributed by atoms with Crippen molar-refractivity contribution in [2.24, 2.45) is 4.99 Å². The lowest BCUT2D eigenvalue weighted by Crippen LogP contribution is -2.33. The van der Waals surface area contributed by atoms with Crippen molar-refractivity contribution in [3.8, 4) is 0 Å². The van der Waals surface area contributed by atoms with E-state index in [1.54, 1.807) is 11.0 Å². The highest BCUT2D eigenvalue weighted by atomic mass is 32.2. The van der Waals surface area contributed by atoms with Crippen LogP contribution in [0, 0.1) is 20.8 Å². The molecule has 6 heteroatoms. The van der Waals surface area contributed by atoms with E-state index < -0.39 is 5.25 Å². The number of carbonyl (C=O) groups excluding carboxylic acids is 2. The van der Waals surface area contributed by atoms with Crippen LogP contribution in [0.1, 0.15) is 23.1 Å². The Bertz CT molecular complexity index is 984. The molecule has 0 spiro atoms. The van der Waals surface area contributed by atoms with Crippen molar-refractivity contribution in [3.05, 3.63) is 71.8 Å². The Morgan fingerprint density at radius 2 is 1.90 bits per heavy atom. The first-order valence-corrected chi connectivity index (χ1v) is 10.4. The number of amidine groups is 1. The molecule has 0 aromatic heterocycles. The summed E-state index contributed by atoms with van der Waals surface area (Å²) in [6.07, 6.45) is 1.77. The van der Waals surface area contributed by atoms with E-state index in [0.29, 0.717) is 11.7 Å². The van der Waals surface area contributed by atoms with E-state index in [1.807, 2.05) is 63.2 Å². The zero-order chi connectivity index (χ0) is 21.0. The van der Waals surface area contributed by atoms with Crippen molar-refractivity contribution in [2.75, 3.05) is 11.9 Å². The van der Waals surface area contributed by atoms with Gasteiger partial charge in [0.05, 0.1) is 5.69 Å². The quantitative estimate of drug-likeness (QED) is 0.703. The third kappa shape index (κ3) is 4.77. The molecule has 1 aliphatic heterocycles. The van der Waals surface area contributed by atoms with Gasteiger partial charge >= 0.3 is 0 Å². The average molecular weight is 408 g/mol. The maximum atomic E-state index is 12.9. The number of anilines is 1. The summed E-state index contributed by atoms with van der Waals surface area (Å²) in [6, 6.07) is 13.5. The normalized spacial score (nSPS) is 17.6. The van der Waals surface area contributed by atoms with Crippen LogP contribution in [0.15, 0.2) is 60.1 Å². The number of hydrogen-bond donors (Lipinski definition) is 1. The summed E-state index contributed by atoms with van der Waals surface area (Å²) in [7, 11) is 0. The Labute approximate surface area is 175 Å². The molecule has 2 aromatic rings. The third-order valence-corrected chi connectivity index (χ3v) is 6.09. The van der Waals surface area contributed by atoms with Crippen molar-refractivity contribution in [2.45, 2.75) is 32.4 Å². The first-order chi connectivity index (χ1) is 13.9. The van der Waals surface area contributed by atoms with E-state index in [2.05, 4.69) is 11.9 Å². The van der Waals surface area contributed by atoms with Crippen LogP contribution < -0.4 is 5.32 Å². The fourth-order valence-corrected chi connectivity index (χ4v) is 4.22. The molecule has 0 radical (unpaired) electrons. The van der Waals surface area contributed by atoms with Gasteiger partial charge in [0.1, 0.15) is 5.25 Å². The minimum Gasteiger partial charge on any atom is -0.326 e. The largest absolute Gasteiger partial charge is 0.326 e. The number of nitrogens with one attached hydrogen (secondary N) is 1. The molecular formula is C23H25N3O2S. The summed E-state index contributed by atoms with van der Waals surface area (Å²) >= 11 is 1.34. The molecule has 1 fully saturated rings. The molecule has 1 aliphatic rings. The van der Waals surface area contributed by atoms with Gasteiger partial charge in [-0.15, -0.1) is 6.58 Å². The molecule has 0 saturated carbocycles. The topological polar surface area (TPSA) is 61.8 Å². The van der Waals surface area contributed by atoms with Gasteiger partial charge < -0.3 is 5.32 Å². The third-order valence-electron chi connectivity index (χ3n) is 4.91. The summed E-state index contributed by atoms with van der Waals surface area (Å²) in [5.41, 5.74) is 4.80. The second-order valence-electron chi connectivity index (χ2n) is 7.02. The summed E-state index contributed by atoms with van der Waals surface area (Å²) in [5.74, 6) is -0.296. The zero-order valence-corrected chi connectivity index (χ0v) is 17.8. The molecule has 3 rings (SSSR count). The molecule has 2 aromatic carbocycles. The van der Waals surface area contributed by atoms with Crippen LogP contribution >= 0.6 is 11.8 Å². The summed E-state index contributed by atoms with van der Waals surface area (Å²) < 4.78 is 0. The van der Waals surface area contributed by atoms with E-state index >= 15 is 0 Å². The number of carbonyl (C=O) groups is 2. The van der Waals surface area contributed by atoms with Gasteiger partial charge in [0.2, 0.25) is 11.8 Å². The Kier molecular flexibility index (Phi) is 6.54. The first-order valence-electron chi connectivity index (χ1n) is 9.50. The molecule has 1 atom stereocenters. The SMILES string of the molecule is C=CCN1C(=O)[C@@H](CC(=O)Nc2ccccc2C)SC1=Nc1cccc(C)c1C. The molecule has 1 saturated heterocycles. The van der Waals surface area contributed by atoms with Crippen molar-refractivity contribution >= 4 is 40.1 Å². The fourth-order valence-electron chi connectivity index (χ4n) is 3.06. The fraction of sp³-hybridized carbons (Fsp3) is 0.261. The van der Waals surface area contributed by atoms with Crippen LogP contribution in [0.5, 0.6) is 0 Å². The van der Waals surface area contributed by atoms with E-state index in [4.69, 9.17) is 4.99 Å². The molecule has 1 heterocycles. The summed E-state index contributed by atoms with van der Waals surface area (Å²) in [6.45, 7) is 10.1. The lowest BCUT2D eigenvalue weighted by atomic mass is 10.1. The number of benzene rings is 2. The highest BCUT2D eigenvalue weighted by molar-refractivity contribution is 8.15. The Morgan fingerprint density at radius 3 is 2.62 bits per heavy atom. The lowest BCUT2D eigenvalue weighted by Gasteiger charge is -2.14. The molecular weight excluding hydrogens is 382 g/mol. The number of para-hydroxylation sites is 1. The van der Waals surface area contributed by atoms with Gasteiger partial charge in [-0.25, -0.2) is 4.99 Å². The van der Waals surface area contributed by atoms with Gasteiger partial charge in [-0.1, -0.05) is 48.2 Å². The van der Waals surface area contributed by atoms with E-state index in [0.717, 1.165) is 28.1 Å². The number of aryl methyl sites for hydroxylation is 2. The summed E-state index contributed by atoms with van der Waals surface area (Å²) in [4.78, 5) is 31.8. The predicted molar refractivity (Wildman–Crippen MR) is 121 cm³/mol. The molecule has 0 aliphatic carbocycles. The standard InChI is InChI=1S/C23H25N3O2S/c1-5-13-26-22(28)20(14-21(27)24-18-11-7-6-9-16(18)3)29-23(26)25-19-12-8-10-15(2)17(19)4/h5-12,20H,1,13-14H2,2-4H3,(H,24,27)/t20-/m1/s1.